The van der Waals surface area contributed by atoms with E-state index in [1.165, 1.54) is 0 Å². The minimum Gasteiger partial charge on any atom is -0.497 e. The van der Waals surface area contributed by atoms with Crippen molar-refractivity contribution in [2.24, 2.45) is 5.92 Å². The zero-order chi connectivity index (χ0) is 14.7. The zero-order valence-corrected chi connectivity index (χ0v) is 14.0. The Morgan fingerprint density at radius 3 is 2.40 bits per heavy atom. The molecule has 4 nitrogen and oxygen atoms in total. The maximum absolute atomic E-state index is 6.01. The highest BCUT2D eigenvalue weighted by Gasteiger charge is 2.12. The summed E-state index contributed by atoms with van der Waals surface area (Å²) in [5.74, 6) is 2.56. The van der Waals surface area contributed by atoms with Crippen LogP contribution >= 0.6 is 22.6 Å². The molecule has 0 aliphatic rings. The highest BCUT2D eigenvalue weighted by molar-refractivity contribution is 14.1. The Morgan fingerprint density at radius 2 is 1.85 bits per heavy atom. The van der Waals surface area contributed by atoms with Gasteiger partial charge in [-0.25, -0.2) is 9.97 Å². The Labute approximate surface area is 132 Å². The van der Waals surface area contributed by atoms with Crippen molar-refractivity contribution in [3.05, 3.63) is 33.5 Å². The predicted octanol–water partition coefficient (Wildman–Crippen LogP) is 3.54. The molecule has 0 atom stereocenters. The number of ether oxygens (including phenoxy) is 1. The van der Waals surface area contributed by atoms with Gasteiger partial charge in [0.1, 0.15) is 11.6 Å². The molecule has 0 spiro atoms. The molecule has 0 amide bonds. The van der Waals surface area contributed by atoms with Crippen LogP contribution in [0.2, 0.25) is 0 Å². The largest absolute Gasteiger partial charge is 0.497 e. The number of benzene rings is 1. The Hall–Kier alpha value is -1.37. The fourth-order valence-electron chi connectivity index (χ4n) is 1.90. The van der Waals surface area contributed by atoms with Crippen molar-refractivity contribution in [3.8, 4) is 17.1 Å². The predicted molar refractivity (Wildman–Crippen MR) is 89.7 cm³/mol. The van der Waals surface area contributed by atoms with Gasteiger partial charge in [0.2, 0.25) is 0 Å². The molecule has 0 saturated carbocycles. The van der Waals surface area contributed by atoms with Crippen molar-refractivity contribution in [2.45, 2.75) is 20.3 Å². The van der Waals surface area contributed by atoms with Crippen molar-refractivity contribution in [3.63, 3.8) is 0 Å². The average molecular weight is 383 g/mol. The van der Waals surface area contributed by atoms with Gasteiger partial charge in [0.25, 0.3) is 0 Å². The van der Waals surface area contributed by atoms with E-state index in [9.17, 15) is 0 Å². The molecule has 2 rings (SSSR count). The third-order valence-electron chi connectivity index (χ3n) is 2.90. The van der Waals surface area contributed by atoms with Crippen LogP contribution in [0, 0.1) is 9.49 Å². The number of nitrogens with two attached hydrogens (primary N) is 1. The van der Waals surface area contributed by atoms with E-state index in [2.05, 4.69) is 46.4 Å². The summed E-state index contributed by atoms with van der Waals surface area (Å²) in [6.45, 7) is 4.34. The number of methoxy groups -OCH3 is 1. The van der Waals surface area contributed by atoms with Gasteiger partial charge in [-0.1, -0.05) is 13.8 Å². The molecule has 0 saturated heterocycles. The maximum Gasteiger partial charge on any atom is 0.161 e. The lowest BCUT2D eigenvalue weighted by Gasteiger charge is -2.11. The number of aromatic nitrogens is 2. The van der Waals surface area contributed by atoms with Gasteiger partial charge in [-0.05, 0) is 59.2 Å². The fraction of sp³-hybridized carbons (Fsp3) is 0.333. The molecule has 5 heteroatoms. The van der Waals surface area contributed by atoms with Crippen molar-refractivity contribution < 1.29 is 4.74 Å². The number of rotatable bonds is 4. The Balaban J connectivity index is 2.42. The van der Waals surface area contributed by atoms with Crippen molar-refractivity contribution >= 4 is 28.4 Å². The number of hydrogen-bond acceptors (Lipinski definition) is 4. The number of nitrogens with zero attached hydrogens (tertiary/aromatic N) is 2. The van der Waals surface area contributed by atoms with E-state index in [4.69, 9.17) is 10.5 Å². The van der Waals surface area contributed by atoms with E-state index in [0.29, 0.717) is 17.6 Å². The molecular weight excluding hydrogens is 365 g/mol. The first kappa shape index (κ1) is 15.0. The maximum atomic E-state index is 6.01. The average Bonchev–Trinajstić information content (AvgIpc) is 2.43. The Morgan fingerprint density at radius 1 is 1.20 bits per heavy atom. The fourth-order valence-corrected chi connectivity index (χ4v) is 2.37. The first-order chi connectivity index (χ1) is 9.51. The number of hydrogen-bond donors (Lipinski definition) is 1. The van der Waals surface area contributed by atoms with Gasteiger partial charge < -0.3 is 10.5 Å². The summed E-state index contributed by atoms with van der Waals surface area (Å²) >= 11 is 2.22. The molecular formula is C15H18IN3O. The molecule has 2 N–H and O–H groups in total. The highest BCUT2D eigenvalue weighted by atomic mass is 127. The summed E-state index contributed by atoms with van der Waals surface area (Å²) in [6, 6.07) is 7.68. The first-order valence-electron chi connectivity index (χ1n) is 6.47. The van der Waals surface area contributed by atoms with E-state index in [1.807, 2.05) is 24.3 Å². The van der Waals surface area contributed by atoms with Gasteiger partial charge in [0, 0.05) is 5.56 Å². The number of anilines is 1. The van der Waals surface area contributed by atoms with Gasteiger partial charge >= 0.3 is 0 Å². The molecule has 1 aromatic carbocycles. The molecule has 0 aliphatic carbocycles. The molecule has 0 bridgehead atoms. The molecule has 20 heavy (non-hydrogen) atoms. The Kier molecular flexibility index (Phi) is 4.80. The molecule has 0 fully saturated rings. The van der Waals surface area contributed by atoms with E-state index >= 15 is 0 Å². The Bertz CT molecular complexity index is 597. The van der Waals surface area contributed by atoms with Crippen LogP contribution in [0.25, 0.3) is 11.4 Å². The topological polar surface area (TPSA) is 61.0 Å². The van der Waals surface area contributed by atoms with Gasteiger partial charge in [0.05, 0.1) is 16.4 Å². The van der Waals surface area contributed by atoms with E-state index in [1.54, 1.807) is 7.11 Å². The second-order valence-corrected chi connectivity index (χ2v) is 6.10. The van der Waals surface area contributed by atoms with Crippen molar-refractivity contribution in [2.75, 3.05) is 12.8 Å². The number of nitrogen functional groups attached to an aromatic ring is 1. The van der Waals surface area contributed by atoms with Crippen LogP contribution in [0.5, 0.6) is 5.75 Å². The lowest BCUT2D eigenvalue weighted by atomic mass is 10.1. The molecule has 1 aromatic heterocycles. The van der Waals surface area contributed by atoms with Gasteiger partial charge in [-0.3, -0.25) is 0 Å². The normalized spacial score (nSPS) is 10.8. The summed E-state index contributed by atoms with van der Waals surface area (Å²) in [4.78, 5) is 9.04. The monoisotopic (exact) mass is 383 g/mol. The SMILES string of the molecule is COc1ccc(-c2nc(N)c(I)c(CC(C)C)n2)cc1. The van der Waals surface area contributed by atoms with E-state index < -0.39 is 0 Å². The van der Waals surface area contributed by atoms with Gasteiger partial charge in [-0.15, -0.1) is 0 Å². The van der Waals surface area contributed by atoms with Crippen LogP contribution < -0.4 is 10.5 Å². The molecule has 0 aliphatic heterocycles. The van der Waals surface area contributed by atoms with E-state index in [0.717, 1.165) is 27.0 Å². The van der Waals surface area contributed by atoms with Gasteiger partial charge in [0.15, 0.2) is 5.82 Å². The van der Waals surface area contributed by atoms with Crippen molar-refractivity contribution in [1.82, 2.24) is 9.97 Å². The van der Waals surface area contributed by atoms with E-state index in [-0.39, 0.29) is 0 Å². The minimum atomic E-state index is 0.529. The third kappa shape index (κ3) is 3.39. The molecule has 106 valence electrons. The quantitative estimate of drug-likeness (QED) is 0.821. The zero-order valence-electron chi connectivity index (χ0n) is 11.9. The molecule has 2 aromatic rings. The van der Waals surface area contributed by atoms with Crippen LogP contribution in [-0.2, 0) is 6.42 Å². The standard InChI is InChI=1S/C15H18IN3O/c1-9(2)8-12-13(16)14(17)19-15(18-12)10-4-6-11(20-3)7-5-10/h4-7,9H,8H2,1-3H3,(H2,17,18,19). The van der Waals surface area contributed by atoms with Crippen LogP contribution in [0.15, 0.2) is 24.3 Å². The van der Waals surface area contributed by atoms with Crippen LogP contribution in [0.4, 0.5) is 5.82 Å². The summed E-state index contributed by atoms with van der Waals surface area (Å²) in [5.41, 5.74) is 7.96. The third-order valence-corrected chi connectivity index (χ3v) is 4.07. The molecule has 0 radical (unpaired) electrons. The first-order valence-corrected chi connectivity index (χ1v) is 7.55. The van der Waals surface area contributed by atoms with Crippen molar-refractivity contribution in [1.29, 1.82) is 0 Å². The van der Waals surface area contributed by atoms with Gasteiger partial charge in [-0.2, -0.15) is 0 Å². The summed E-state index contributed by atoms with van der Waals surface area (Å²) in [7, 11) is 1.65. The van der Waals surface area contributed by atoms with Crippen LogP contribution in [0.3, 0.4) is 0 Å². The summed E-state index contributed by atoms with van der Waals surface area (Å²) < 4.78 is 6.11. The van der Waals surface area contributed by atoms with Crippen LogP contribution in [0.1, 0.15) is 19.5 Å². The smallest absolute Gasteiger partial charge is 0.161 e. The molecule has 1 heterocycles. The van der Waals surface area contributed by atoms with Crippen LogP contribution in [-0.4, -0.2) is 17.1 Å². The molecule has 0 unspecified atom stereocenters. The summed E-state index contributed by atoms with van der Waals surface area (Å²) in [5, 5.41) is 0. The summed E-state index contributed by atoms with van der Waals surface area (Å²) in [6.07, 6.45) is 0.897. The second-order valence-electron chi connectivity index (χ2n) is 5.02. The minimum absolute atomic E-state index is 0.529. The highest BCUT2D eigenvalue weighted by Crippen LogP contribution is 2.25. The lowest BCUT2D eigenvalue weighted by Crippen LogP contribution is -2.07. The number of halogens is 1. The second kappa shape index (κ2) is 6.39. The lowest BCUT2D eigenvalue weighted by molar-refractivity contribution is 0.415.